The van der Waals surface area contributed by atoms with E-state index < -0.39 is 0 Å². The van der Waals surface area contributed by atoms with E-state index in [0.717, 1.165) is 13.6 Å². The molecule has 0 atom stereocenters. The van der Waals surface area contributed by atoms with Gasteiger partial charge >= 0.3 is 0 Å². The maximum absolute atomic E-state index is 13.0. The maximum atomic E-state index is 13.0. The van der Waals surface area contributed by atoms with Crippen molar-refractivity contribution in [3.8, 4) is 23.8 Å². The number of methoxy groups -OCH3 is 1. The molecule has 0 aliphatic heterocycles. The van der Waals surface area contributed by atoms with E-state index in [9.17, 15) is 4.79 Å². The van der Waals surface area contributed by atoms with Gasteiger partial charge in [-0.15, -0.1) is 6.42 Å². The average molecular weight is 566 g/mol. The van der Waals surface area contributed by atoms with E-state index in [1.54, 1.807) is 25.5 Å². The van der Waals surface area contributed by atoms with Crippen LogP contribution in [0.3, 0.4) is 0 Å². The normalized spacial score (nSPS) is 11.0. The largest absolute Gasteiger partial charge is 0.493 e. The zero-order valence-corrected chi connectivity index (χ0v) is 19.5. The highest BCUT2D eigenvalue weighted by Crippen LogP contribution is 2.33. The highest BCUT2D eigenvalue weighted by atomic mass is 127. The SMILES string of the molecule is C#CCOc1c(I)cc(C=Nn2c(CC)nc3ccc(Br)cc3c2=O)cc1OC. The summed E-state index contributed by atoms with van der Waals surface area (Å²) in [4.78, 5) is 17.5. The van der Waals surface area contributed by atoms with Gasteiger partial charge in [0.15, 0.2) is 11.5 Å². The number of aryl methyl sites for hydroxylation is 1. The standard InChI is InChI=1S/C21H17BrIN3O3/c1-4-8-29-20-16(23)9-13(10-18(20)28-3)12-24-26-19(5-2)25-17-7-6-14(22)11-15(17)21(26)27/h1,6-7,9-12H,5,8H2,2-3H3. The maximum Gasteiger partial charge on any atom is 0.282 e. The van der Waals surface area contributed by atoms with Crippen LogP contribution in [0.5, 0.6) is 11.5 Å². The topological polar surface area (TPSA) is 65.7 Å². The van der Waals surface area contributed by atoms with E-state index in [1.165, 1.54) is 4.68 Å². The van der Waals surface area contributed by atoms with E-state index in [1.807, 2.05) is 25.1 Å². The number of nitrogens with zero attached hydrogens (tertiary/aromatic N) is 3. The first-order chi connectivity index (χ1) is 14.0. The second-order valence-electron chi connectivity index (χ2n) is 5.93. The molecule has 0 amide bonds. The summed E-state index contributed by atoms with van der Waals surface area (Å²) in [5, 5.41) is 4.90. The fourth-order valence-electron chi connectivity index (χ4n) is 2.74. The fourth-order valence-corrected chi connectivity index (χ4v) is 3.88. The van der Waals surface area contributed by atoms with Gasteiger partial charge in [0.05, 0.1) is 27.8 Å². The third kappa shape index (κ3) is 4.62. The van der Waals surface area contributed by atoms with E-state index in [-0.39, 0.29) is 12.2 Å². The zero-order valence-electron chi connectivity index (χ0n) is 15.8. The van der Waals surface area contributed by atoms with Crippen LogP contribution in [0.15, 0.2) is 44.7 Å². The Labute approximate surface area is 190 Å². The third-order valence-corrected chi connectivity index (χ3v) is 5.36. The molecule has 148 valence electrons. The first kappa shape index (κ1) is 21.3. The Morgan fingerprint density at radius 1 is 1.38 bits per heavy atom. The summed E-state index contributed by atoms with van der Waals surface area (Å²) in [6, 6.07) is 9.08. The lowest BCUT2D eigenvalue weighted by atomic mass is 10.2. The zero-order chi connectivity index (χ0) is 21.0. The fraction of sp³-hybridized carbons (Fsp3) is 0.190. The van der Waals surface area contributed by atoms with Crippen molar-refractivity contribution in [2.45, 2.75) is 13.3 Å². The van der Waals surface area contributed by atoms with Crippen molar-refractivity contribution in [1.82, 2.24) is 9.66 Å². The lowest BCUT2D eigenvalue weighted by Crippen LogP contribution is -2.22. The third-order valence-electron chi connectivity index (χ3n) is 4.07. The van der Waals surface area contributed by atoms with Gasteiger partial charge in [0.25, 0.3) is 5.56 Å². The molecule has 0 spiro atoms. The van der Waals surface area contributed by atoms with Gasteiger partial charge < -0.3 is 9.47 Å². The first-order valence-electron chi connectivity index (χ1n) is 8.67. The van der Waals surface area contributed by atoms with E-state index >= 15 is 0 Å². The van der Waals surface area contributed by atoms with Crippen molar-refractivity contribution in [2.24, 2.45) is 5.10 Å². The molecule has 3 aromatic rings. The van der Waals surface area contributed by atoms with Gasteiger partial charge in [0, 0.05) is 10.9 Å². The van der Waals surface area contributed by atoms with Crippen LogP contribution in [0, 0.1) is 15.9 Å². The molecule has 8 heteroatoms. The molecule has 0 saturated carbocycles. The Morgan fingerprint density at radius 3 is 2.86 bits per heavy atom. The van der Waals surface area contributed by atoms with Gasteiger partial charge in [0.2, 0.25) is 0 Å². The molecule has 0 bridgehead atoms. The molecule has 0 radical (unpaired) electrons. The highest BCUT2D eigenvalue weighted by molar-refractivity contribution is 14.1. The minimum absolute atomic E-state index is 0.146. The molecule has 0 N–H and O–H groups in total. The lowest BCUT2D eigenvalue weighted by molar-refractivity contribution is 0.328. The predicted molar refractivity (Wildman–Crippen MR) is 126 cm³/mol. The van der Waals surface area contributed by atoms with E-state index in [2.05, 4.69) is 54.5 Å². The second-order valence-corrected chi connectivity index (χ2v) is 8.01. The Hall–Kier alpha value is -2.38. The smallest absolute Gasteiger partial charge is 0.282 e. The molecule has 0 saturated heterocycles. The van der Waals surface area contributed by atoms with Crippen molar-refractivity contribution in [1.29, 1.82) is 0 Å². The Morgan fingerprint density at radius 2 is 2.17 bits per heavy atom. The van der Waals surface area contributed by atoms with E-state index in [0.29, 0.717) is 34.6 Å². The van der Waals surface area contributed by atoms with Gasteiger partial charge in [-0.25, -0.2) is 4.98 Å². The Balaban J connectivity index is 2.07. The molecule has 0 fully saturated rings. The number of hydrogen-bond donors (Lipinski definition) is 0. The van der Waals surface area contributed by atoms with E-state index in [4.69, 9.17) is 15.9 Å². The number of halogens is 2. The molecule has 0 aliphatic carbocycles. The van der Waals surface area contributed by atoms with Gasteiger partial charge in [-0.3, -0.25) is 4.79 Å². The summed E-state index contributed by atoms with van der Waals surface area (Å²) in [5.41, 5.74) is 1.18. The summed E-state index contributed by atoms with van der Waals surface area (Å²) in [6.45, 7) is 2.08. The molecule has 2 aromatic carbocycles. The number of aromatic nitrogens is 2. The summed E-state index contributed by atoms with van der Waals surface area (Å²) in [6.07, 6.45) is 7.44. The number of terminal acetylenes is 1. The van der Waals surface area contributed by atoms with Crippen LogP contribution in [-0.2, 0) is 6.42 Å². The van der Waals surface area contributed by atoms with Crippen LogP contribution in [0.1, 0.15) is 18.3 Å². The quantitative estimate of drug-likeness (QED) is 0.255. The molecule has 0 unspecified atom stereocenters. The molecule has 0 aliphatic rings. The number of ether oxygens (including phenoxy) is 2. The van der Waals surface area contributed by atoms with Crippen LogP contribution >= 0.6 is 38.5 Å². The molecule has 6 nitrogen and oxygen atoms in total. The van der Waals surface area contributed by atoms with Gasteiger partial charge in [0.1, 0.15) is 12.4 Å². The number of rotatable bonds is 6. The molecule has 1 aromatic heterocycles. The predicted octanol–water partition coefficient (Wildman–Crippen LogP) is 4.23. The van der Waals surface area contributed by atoms with Gasteiger partial charge in [-0.2, -0.15) is 9.78 Å². The molecule has 3 rings (SSSR count). The van der Waals surface area contributed by atoms with Crippen molar-refractivity contribution in [3.05, 3.63) is 60.1 Å². The Bertz CT molecular complexity index is 1200. The monoisotopic (exact) mass is 565 g/mol. The van der Waals surface area contributed by atoms with Crippen LogP contribution in [-0.4, -0.2) is 29.6 Å². The number of benzene rings is 2. The van der Waals surface area contributed by atoms with Crippen molar-refractivity contribution in [2.75, 3.05) is 13.7 Å². The molecular formula is C21H17BrIN3O3. The van der Waals surface area contributed by atoms with Crippen LogP contribution in [0.2, 0.25) is 0 Å². The molecule has 29 heavy (non-hydrogen) atoms. The van der Waals surface area contributed by atoms with Crippen molar-refractivity contribution < 1.29 is 9.47 Å². The second kappa shape index (κ2) is 9.41. The minimum atomic E-state index is -0.222. The first-order valence-corrected chi connectivity index (χ1v) is 10.5. The van der Waals surface area contributed by atoms with Crippen LogP contribution in [0.25, 0.3) is 10.9 Å². The van der Waals surface area contributed by atoms with Gasteiger partial charge in [-0.1, -0.05) is 28.8 Å². The summed E-state index contributed by atoms with van der Waals surface area (Å²) in [7, 11) is 1.56. The molecule has 1 heterocycles. The summed E-state index contributed by atoms with van der Waals surface area (Å²) >= 11 is 5.54. The number of fused-ring (bicyclic) bond motifs is 1. The van der Waals surface area contributed by atoms with Gasteiger partial charge in [-0.05, 0) is 58.5 Å². The minimum Gasteiger partial charge on any atom is -0.493 e. The van der Waals surface area contributed by atoms with Crippen molar-refractivity contribution >= 4 is 55.6 Å². The van der Waals surface area contributed by atoms with Crippen LogP contribution in [0.4, 0.5) is 0 Å². The summed E-state index contributed by atoms with van der Waals surface area (Å²) in [5.74, 6) is 4.13. The highest BCUT2D eigenvalue weighted by Gasteiger charge is 2.12. The Kier molecular flexibility index (Phi) is 6.92. The van der Waals surface area contributed by atoms with Crippen LogP contribution < -0.4 is 15.0 Å². The average Bonchev–Trinajstić information content (AvgIpc) is 2.72. The summed E-state index contributed by atoms with van der Waals surface area (Å²) < 4.78 is 13.9. The molecular weight excluding hydrogens is 549 g/mol. The van der Waals surface area contributed by atoms with Crippen molar-refractivity contribution in [3.63, 3.8) is 0 Å². The lowest BCUT2D eigenvalue weighted by Gasteiger charge is -2.12. The number of hydrogen-bond acceptors (Lipinski definition) is 5.